The molecular weight excluding hydrogens is 597 g/mol. The predicted molar refractivity (Wildman–Crippen MR) is 183 cm³/mol. The smallest absolute Gasteiger partial charge is 0.280 e. The van der Waals surface area contributed by atoms with Crippen LogP contribution in [0.15, 0.2) is 80.5 Å². The van der Waals surface area contributed by atoms with Crippen LogP contribution in [0.3, 0.4) is 0 Å². The molecule has 0 unspecified atom stereocenters. The van der Waals surface area contributed by atoms with Gasteiger partial charge in [0.2, 0.25) is 0 Å². The van der Waals surface area contributed by atoms with E-state index >= 15 is 0 Å². The van der Waals surface area contributed by atoms with Crippen LogP contribution in [0.4, 0.5) is 0 Å². The summed E-state index contributed by atoms with van der Waals surface area (Å²) in [6, 6.07) is 18.9. The van der Waals surface area contributed by atoms with E-state index in [1.165, 1.54) is 12.4 Å². The lowest BCUT2D eigenvalue weighted by Crippen LogP contribution is -2.42. The molecule has 44 heavy (non-hydrogen) atoms. The Balaban J connectivity index is 1.29. The van der Waals surface area contributed by atoms with Gasteiger partial charge in [0.05, 0.1) is 34.9 Å². The van der Waals surface area contributed by atoms with Crippen molar-refractivity contribution in [2.24, 2.45) is 24.3 Å². The number of para-hydroxylation sites is 2. The Morgan fingerprint density at radius 2 is 1.05 bits per heavy atom. The Morgan fingerprint density at radius 1 is 0.705 bits per heavy atom. The highest BCUT2D eigenvalue weighted by Crippen LogP contribution is 2.10. The highest BCUT2D eigenvalue weighted by Gasteiger charge is 2.16. The number of hydrogen-bond donors (Lipinski definition) is 2. The summed E-state index contributed by atoms with van der Waals surface area (Å²) in [4.78, 5) is 29.7. The van der Waals surface area contributed by atoms with Crippen LogP contribution < -0.4 is 22.0 Å². The van der Waals surface area contributed by atoms with Crippen molar-refractivity contribution in [1.29, 1.82) is 0 Å². The van der Waals surface area contributed by atoms with Crippen molar-refractivity contribution in [3.05, 3.63) is 104 Å². The van der Waals surface area contributed by atoms with Crippen molar-refractivity contribution in [2.45, 2.75) is 13.8 Å². The van der Waals surface area contributed by atoms with Crippen molar-refractivity contribution in [3.63, 3.8) is 0 Å². The van der Waals surface area contributed by atoms with Crippen LogP contribution in [0.25, 0.3) is 11.4 Å². The van der Waals surface area contributed by atoms with Gasteiger partial charge in [-0.15, -0.1) is 0 Å². The first-order chi connectivity index (χ1) is 21.0. The molecule has 0 fully saturated rings. The minimum absolute atomic E-state index is 0.171. The van der Waals surface area contributed by atoms with E-state index in [-0.39, 0.29) is 11.1 Å². The molecule has 0 aliphatic heterocycles. The standard InChI is InChI=1S/C30H36N10O2S2/c1-21-25(27(41)39(37(21)5)23-13-9-7-10-14-23)19-31-33-29(43)35(3)17-18-36(4)30(44)34-32-20-26-22(2)38(6)40(28(26)42)24-15-11-8-12-16-24/h7-16,19-20H,17-18H2,1-6H3,(H,33,43)(H,34,44)/b31-19-,32-20-. The van der Waals surface area contributed by atoms with Gasteiger partial charge in [-0.05, 0) is 62.5 Å². The normalized spacial score (nSPS) is 11.3. The fraction of sp³-hybridized carbons (Fsp3) is 0.267. The Bertz CT molecular complexity index is 1680. The third-order valence-electron chi connectivity index (χ3n) is 7.37. The van der Waals surface area contributed by atoms with Crippen molar-refractivity contribution in [2.75, 3.05) is 27.2 Å². The van der Waals surface area contributed by atoms with Crippen LogP contribution in [-0.4, -0.2) is 78.4 Å². The predicted octanol–water partition coefficient (Wildman–Crippen LogP) is 2.26. The van der Waals surface area contributed by atoms with E-state index in [0.29, 0.717) is 34.4 Å². The average molecular weight is 633 g/mol. The fourth-order valence-electron chi connectivity index (χ4n) is 4.45. The van der Waals surface area contributed by atoms with E-state index in [4.69, 9.17) is 24.4 Å². The number of hydrogen-bond acceptors (Lipinski definition) is 6. The van der Waals surface area contributed by atoms with Gasteiger partial charge in [-0.25, -0.2) is 9.36 Å². The zero-order valence-corrected chi connectivity index (χ0v) is 27.2. The average Bonchev–Trinajstić information content (AvgIpc) is 3.37. The molecule has 4 aromatic rings. The molecule has 0 saturated carbocycles. The second kappa shape index (κ2) is 14.1. The molecule has 0 aliphatic carbocycles. The summed E-state index contributed by atoms with van der Waals surface area (Å²) in [5.74, 6) is 0. The molecule has 0 amide bonds. The summed E-state index contributed by atoms with van der Waals surface area (Å²) < 4.78 is 6.78. The Hall–Kier alpha value is -4.82. The van der Waals surface area contributed by atoms with Gasteiger partial charge in [0, 0.05) is 52.7 Å². The van der Waals surface area contributed by atoms with Crippen LogP contribution >= 0.6 is 24.4 Å². The van der Waals surface area contributed by atoms with Gasteiger partial charge in [-0.1, -0.05) is 36.4 Å². The molecule has 0 saturated heterocycles. The summed E-state index contributed by atoms with van der Waals surface area (Å²) in [6.45, 7) is 4.80. The number of benzene rings is 2. The van der Waals surface area contributed by atoms with Gasteiger partial charge in [0.25, 0.3) is 11.1 Å². The van der Waals surface area contributed by atoms with E-state index in [0.717, 1.165) is 22.8 Å². The second-order valence-corrected chi connectivity index (χ2v) is 10.9. The molecule has 2 N–H and O–H groups in total. The van der Waals surface area contributed by atoms with Crippen molar-refractivity contribution < 1.29 is 0 Å². The van der Waals surface area contributed by atoms with Crippen LogP contribution in [-0.2, 0) is 14.1 Å². The summed E-state index contributed by atoms with van der Waals surface area (Å²) >= 11 is 10.9. The number of thiocarbonyl (C=S) groups is 2. The lowest BCUT2D eigenvalue weighted by Gasteiger charge is -2.24. The van der Waals surface area contributed by atoms with Gasteiger partial charge in [0.1, 0.15) is 0 Å². The van der Waals surface area contributed by atoms with E-state index in [1.54, 1.807) is 18.7 Å². The van der Waals surface area contributed by atoms with Crippen molar-refractivity contribution >= 4 is 47.1 Å². The monoisotopic (exact) mass is 632 g/mol. The third kappa shape index (κ3) is 6.87. The zero-order chi connectivity index (χ0) is 32.0. The number of nitrogens with zero attached hydrogens (tertiary/aromatic N) is 8. The van der Waals surface area contributed by atoms with E-state index in [1.807, 2.05) is 113 Å². The highest BCUT2D eigenvalue weighted by molar-refractivity contribution is 7.80. The number of hydrazone groups is 2. The topological polar surface area (TPSA) is 109 Å². The first-order valence-electron chi connectivity index (χ1n) is 13.8. The molecule has 2 heterocycles. The zero-order valence-electron chi connectivity index (χ0n) is 25.6. The van der Waals surface area contributed by atoms with Crippen LogP contribution in [0.1, 0.15) is 22.5 Å². The number of rotatable bonds is 9. The maximum atomic E-state index is 13.1. The largest absolute Gasteiger partial charge is 0.349 e. The minimum Gasteiger partial charge on any atom is -0.349 e. The molecule has 0 spiro atoms. The molecule has 12 nitrogen and oxygen atoms in total. The van der Waals surface area contributed by atoms with Gasteiger partial charge in [-0.2, -0.15) is 10.2 Å². The fourth-order valence-corrected chi connectivity index (χ4v) is 4.74. The molecule has 2 aromatic heterocycles. The maximum Gasteiger partial charge on any atom is 0.280 e. The van der Waals surface area contributed by atoms with Crippen LogP contribution in [0.2, 0.25) is 0 Å². The number of likely N-dealkylation sites (N-methyl/N-ethyl adjacent to an activating group) is 2. The molecule has 230 valence electrons. The third-order valence-corrected chi connectivity index (χ3v) is 8.18. The van der Waals surface area contributed by atoms with Gasteiger partial charge < -0.3 is 9.80 Å². The summed E-state index contributed by atoms with van der Waals surface area (Å²) in [7, 11) is 7.33. The Labute approximate surface area is 266 Å². The lowest BCUT2D eigenvalue weighted by molar-refractivity contribution is 0.405. The molecule has 14 heteroatoms. The molecular formula is C30H36N10O2S2. The minimum atomic E-state index is -0.171. The molecule has 2 aromatic carbocycles. The number of nitrogens with one attached hydrogen (secondary N) is 2. The molecule has 0 aliphatic rings. The molecule has 0 bridgehead atoms. The molecule has 0 atom stereocenters. The summed E-state index contributed by atoms with van der Waals surface area (Å²) in [5.41, 5.74) is 9.36. The first-order valence-corrected chi connectivity index (χ1v) is 14.6. The summed E-state index contributed by atoms with van der Waals surface area (Å²) in [5, 5.41) is 9.22. The molecule has 4 rings (SSSR count). The quantitative estimate of drug-likeness (QED) is 0.164. The van der Waals surface area contributed by atoms with Crippen LogP contribution in [0, 0.1) is 13.8 Å². The highest BCUT2D eigenvalue weighted by atomic mass is 32.1. The number of aromatic nitrogens is 4. The Kier molecular flexibility index (Phi) is 10.3. The lowest BCUT2D eigenvalue weighted by atomic mass is 10.3. The van der Waals surface area contributed by atoms with Gasteiger partial charge in [0.15, 0.2) is 10.2 Å². The van der Waals surface area contributed by atoms with E-state index in [9.17, 15) is 9.59 Å². The molecule has 0 radical (unpaired) electrons. The summed E-state index contributed by atoms with van der Waals surface area (Å²) in [6.07, 6.45) is 2.98. The maximum absolute atomic E-state index is 13.1. The van der Waals surface area contributed by atoms with E-state index < -0.39 is 0 Å². The van der Waals surface area contributed by atoms with Gasteiger partial charge in [-0.3, -0.25) is 29.8 Å². The first kappa shape index (κ1) is 32.1. The van der Waals surface area contributed by atoms with Crippen molar-refractivity contribution in [3.8, 4) is 11.4 Å². The van der Waals surface area contributed by atoms with Crippen molar-refractivity contribution in [1.82, 2.24) is 39.4 Å². The van der Waals surface area contributed by atoms with E-state index in [2.05, 4.69) is 21.1 Å². The van der Waals surface area contributed by atoms with Gasteiger partial charge >= 0.3 is 0 Å². The SMILES string of the molecule is Cc1c(/C=N\NC(=S)N(C)CCN(C)C(=S)N/N=C\c2c(C)n(C)n(-c3ccccc3)c2=O)c(=O)n(-c2ccccc2)n1C. The second-order valence-electron chi connectivity index (χ2n) is 10.1. The van der Waals surface area contributed by atoms with Crippen LogP contribution in [0.5, 0.6) is 0 Å². The Morgan fingerprint density at radius 3 is 1.39 bits per heavy atom.